The van der Waals surface area contributed by atoms with Gasteiger partial charge in [-0.2, -0.15) is 0 Å². The normalized spacial score (nSPS) is 15.2. The zero-order valence-corrected chi connectivity index (χ0v) is 17.6. The number of nitrogens with zero attached hydrogens (tertiary/aromatic N) is 2. The van der Waals surface area contributed by atoms with Gasteiger partial charge < -0.3 is 14.8 Å². The lowest BCUT2D eigenvalue weighted by atomic mass is 10.1. The number of carbonyl (C=O) groups excluding carboxylic acids is 1. The topological polar surface area (TPSA) is 37.3 Å². The van der Waals surface area contributed by atoms with E-state index in [-0.39, 0.29) is 12.1 Å². The number of urea groups is 1. The summed E-state index contributed by atoms with van der Waals surface area (Å²) < 4.78 is 2.22. The molecule has 0 aliphatic carbocycles. The van der Waals surface area contributed by atoms with Gasteiger partial charge in [0.25, 0.3) is 0 Å². The Balaban J connectivity index is 1.61. The number of hydrogen-bond donors (Lipinski definition) is 1. The molecule has 3 heterocycles. The number of amides is 2. The van der Waals surface area contributed by atoms with Gasteiger partial charge in [0, 0.05) is 16.8 Å². The van der Waals surface area contributed by atoms with E-state index in [9.17, 15) is 4.79 Å². The molecule has 5 rings (SSSR count). The summed E-state index contributed by atoms with van der Waals surface area (Å²) in [6.07, 6.45) is 2.96. The first-order valence-electron chi connectivity index (χ1n) is 10.2. The molecule has 1 N–H and O–H groups in total. The second-order valence-electron chi connectivity index (χ2n) is 7.42. The largest absolute Gasteiger partial charge is 0.323 e. The fourth-order valence-electron chi connectivity index (χ4n) is 4.22. The zero-order chi connectivity index (χ0) is 20.5. The summed E-state index contributed by atoms with van der Waals surface area (Å²) in [5.41, 5.74) is 5.37. The van der Waals surface area contributed by atoms with Crippen molar-refractivity contribution in [3.8, 4) is 5.69 Å². The molecular weight excluding hydrogens is 390 g/mol. The minimum atomic E-state index is -0.152. The van der Waals surface area contributed by atoms with Gasteiger partial charge in [0.05, 0.1) is 17.9 Å². The number of rotatable bonds is 3. The summed E-state index contributed by atoms with van der Waals surface area (Å²) in [7, 11) is 0. The molecule has 4 nitrogen and oxygen atoms in total. The van der Waals surface area contributed by atoms with Crippen molar-refractivity contribution in [2.75, 3.05) is 5.32 Å². The van der Waals surface area contributed by atoms with Gasteiger partial charge in [0.15, 0.2) is 0 Å². The van der Waals surface area contributed by atoms with Gasteiger partial charge in [-0.15, -0.1) is 11.3 Å². The predicted octanol–water partition coefficient (Wildman–Crippen LogP) is 6.24. The molecule has 0 radical (unpaired) electrons. The van der Waals surface area contributed by atoms with E-state index in [4.69, 9.17) is 0 Å². The van der Waals surface area contributed by atoms with Crippen LogP contribution in [-0.4, -0.2) is 15.5 Å². The van der Waals surface area contributed by atoms with Crippen LogP contribution in [0, 0.1) is 0 Å². The second kappa shape index (κ2) is 7.84. The standard InChI is InChI=1S/C25H23N3OS/c1-2-18-9-3-5-11-20(18)26-25(29)28-17-19-10-4-6-12-21(19)27-15-7-13-22(27)24(28)23-14-8-16-30-23/h3-16,24H,2,17H2,1H3,(H,26,29). The van der Waals surface area contributed by atoms with E-state index in [0.717, 1.165) is 39.5 Å². The van der Waals surface area contributed by atoms with Crippen LogP contribution < -0.4 is 5.32 Å². The minimum absolute atomic E-state index is 0.0845. The first-order chi connectivity index (χ1) is 14.8. The third-order valence-electron chi connectivity index (χ3n) is 5.68. The number of aromatic nitrogens is 1. The number of carbonyl (C=O) groups is 1. The van der Waals surface area contributed by atoms with E-state index in [2.05, 4.69) is 70.8 Å². The van der Waals surface area contributed by atoms with Crippen molar-refractivity contribution in [1.82, 2.24) is 9.47 Å². The fraction of sp³-hybridized carbons (Fsp3) is 0.160. The number of anilines is 1. The van der Waals surface area contributed by atoms with Crippen LogP contribution >= 0.6 is 11.3 Å². The number of thiophene rings is 1. The van der Waals surface area contributed by atoms with Crippen LogP contribution in [0.1, 0.15) is 34.7 Å². The van der Waals surface area contributed by atoms with Gasteiger partial charge in [-0.3, -0.25) is 0 Å². The maximum atomic E-state index is 13.6. The maximum absolute atomic E-state index is 13.6. The zero-order valence-electron chi connectivity index (χ0n) is 16.8. The average molecular weight is 414 g/mol. The van der Waals surface area contributed by atoms with Crippen molar-refractivity contribution in [1.29, 1.82) is 0 Å². The van der Waals surface area contributed by atoms with E-state index in [0.29, 0.717) is 6.54 Å². The van der Waals surface area contributed by atoms with Gasteiger partial charge >= 0.3 is 6.03 Å². The van der Waals surface area contributed by atoms with E-state index < -0.39 is 0 Å². The van der Waals surface area contributed by atoms with Gasteiger partial charge in [-0.05, 0) is 53.3 Å². The molecule has 1 aliphatic heterocycles. The van der Waals surface area contributed by atoms with Crippen molar-refractivity contribution < 1.29 is 4.79 Å². The summed E-state index contributed by atoms with van der Waals surface area (Å²) in [4.78, 5) is 16.8. The molecule has 0 saturated heterocycles. The quantitative estimate of drug-likeness (QED) is 0.424. The molecule has 5 heteroatoms. The molecule has 1 aliphatic rings. The molecule has 30 heavy (non-hydrogen) atoms. The van der Waals surface area contributed by atoms with Crippen LogP contribution in [-0.2, 0) is 13.0 Å². The summed E-state index contributed by atoms with van der Waals surface area (Å²) in [6.45, 7) is 2.65. The highest BCUT2D eigenvalue weighted by molar-refractivity contribution is 7.10. The molecule has 1 atom stereocenters. The van der Waals surface area contributed by atoms with Crippen molar-refractivity contribution in [3.63, 3.8) is 0 Å². The number of benzene rings is 2. The molecule has 2 aromatic heterocycles. The van der Waals surface area contributed by atoms with Crippen molar-refractivity contribution in [3.05, 3.63) is 106 Å². The summed E-state index contributed by atoms with van der Waals surface area (Å²) in [5.74, 6) is 0. The molecule has 4 aromatic rings. The molecule has 0 spiro atoms. The summed E-state index contributed by atoms with van der Waals surface area (Å²) >= 11 is 1.68. The Morgan fingerprint density at radius 2 is 1.87 bits per heavy atom. The third-order valence-corrected chi connectivity index (χ3v) is 6.60. The van der Waals surface area contributed by atoms with Gasteiger partial charge in [-0.1, -0.05) is 49.4 Å². The van der Waals surface area contributed by atoms with Crippen LogP contribution in [0.5, 0.6) is 0 Å². The van der Waals surface area contributed by atoms with Gasteiger partial charge in [0.2, 0.25) is 0 Å². The van der Waals surface area contributed by atoms with Crippen LogP contribution in [0.25, 0.3) is 5.69 Å². The molecule has 0 fully saturated rings. The van der Waals surface area contributed by atoms with Crippen LogP contribution in [0.15, 0.2) is 84.4 Å². The van der Waals surface area contributed by atoms with E-state index in [1.54, 1.807) is 11.3 Å². The van der Waals surface area contributed by atoms with Gasteiger partial charge in [0.1, 0.15) is 6.04 Å². The Hall–Kier alpha value is -3.31. The summed E-state index contributed by atoms with van der Waals surface area (Å²) in [6, 6.07) is 24.4. The third kappa shape index (κ3) is 3.21. The average Bonchev–Trinajstić information content (AvgIpc) is 3.45. The Morgan fingerprint density at radius 1 is 1.03 bits per heavy atom. The highest BCUT2D eigenvalue weighted by atomic mass is 32.1. The first-order valence-corrected chi connectivity index (χ1v) is 11.1. The maximum Gasteiger partial charge on any atom is 0.323 e. The lowest BCUT2D eigenvalue weighted by Gasteiger charge is -2.30. The second-order valence-corrected chi connectivity index (χ2v) is 8.40. The molecular formula is C25H23N3OS. The number of hydrogen-bond acceptors (Lipinski definition) is 2. The fourth-order valence-corrected chi connectivity index (χ4v) is 5.07. The first kappa shape index (κ1) is 18.7. The number of nitrogens with one attached hydrogen (secondary N) is 1. The van der Waals surface area contributed by atoms with E-state index in [1.807, 2.05) is 35.2 Å². The van der Waals surface area contributed by atoms with E-state index >= 15 is 0 Å². The van der Waals surface area contributed by atoms with Crippen molar-refractivity contribution in [2.24, 2.45) is 0 Å². The SMILES string of the molecule is CCc1ccccc1NC(=O)N1Cc2ccccc2-n2cccc2C1c1cccs1. The van der Waals surface area contributed by atoms with E-state index in [1.165, 1.54) is 0 Å². The van der Waals surface area contributed by atoms with Gasteiger partial charge in [-0.25, -0.2) is 4.79 Å². The predicted molar refractivity (Wildman–Crippen MR) is 122 cm³/mol. The smallest absolute Gasteiger partial charge is 0.318 e. The van der Waals surface area contributed by atoms with Crippen LogP contribution in [0.2, 0.25) is 0 Å². The highest BCUT2D eigenvalue weighted by Gasteiger charge is 2.33. The Morgan fingerprint density at radius 3 is 2.70 bits per heavy atom. The molecule has 0 saturated carbocycles. The lowest BCUT2D eigenvalue weighted by Crippen LogP contribution is -2.37. The molecule has 0 bridgehead atoms. The lowest BCUT2D eigenvalue weighted by molar-refractivity contribution is 0.195. The number of fused-ring (bicyclic) bond motifs is 3. The monoisotopic (exact) mass is 413 g/mol. The van der Waals surface area contributed by atoms with Crippen LogP contribution in [0.3, 0.4) is 0 Å². The molecule has 1 unspecified atom stereocenters. The minimum Gasteiger partial charge on any atom is -0.318 e. The Kier molecular flexibility index (Phi) is 4.89. The van der Waals surface area contributed by atoms with Crippen molar-refractivity contribution in [2.45, 2.75) is 25.9 Å². The number of para-hydroxylation sites is 2. The van der Waals surface area contributed by atoms with Crippen LogP contribution in [0.4, 0.5) is 10.5 Å². The molecule has 150 valence electrons. The molecule has 2 aromatic carbocycles. The Bertz CT molecular complexity index is 1180. The van der Waals surface area contributed by atoms with Crippen molar-refractivity contribution >= 4 is 23.1 Å². The Labute approximate surface area is 180 Å². The number of aryl methyl sites for hydroxylation is 1. The highest BCUT2D eigenvalue weighted by Crippen LogP contribution is 2.38. The summed E-state index contributed by atoms with van der Waals surface area (Å²) in [5, 5.41) is 5.26. The molecule has 2 amide bonds.